The standard InChI is InChI=1S/C16H16INO2/c1-11(2)20-15-9-7-14(8-10-15)18-16(19)12-3-5-13(17)6-4-12/h3-11H,1-2H3,(H,18,19). The zero-order valence-electron chi connectivity index (χ0n) is 11.4. The molecule has 0 unspecified atom stereocenters. The van der Waals surface area contributed by atoms with E-state index in [9.17, 15) is 4.79 Å². The zero-order chi connectivity index (χ0) is 14.5. The molecule has 0 aliphatic carbocycles. The number of ether oxygens (including phenoxy) is 1. The van der Waals surface area contributed by atoms with Gasteiger partial charge in [0.15, 0.2) is 0 Å². The van der Waals surface area contributed by atoms with Gasteiger partial charge in [0, 0.05) is 14.8 Å². The van der Waals surface area contributed by atoms with Gasteiger partial charge in [-0.05, 0) is 85.0 Å². The van der Waals surface area contributed by atoms with Crippen molar-refractivity contribution in [3.63, 3.8) is 0 Å². The first-order valence-corrected chi connectivity index (χ1v) is 7.46. The van der Waals surface area contributed by atoms with Crippen LogP contribution in [0.2, 0.25) is 0 Å². The smallest absolute Gasteiger partial charge is 0.255 e. The van der Waals surface area contributed by atoms with E-state index in [1.54, 1.807) is 0 Å². The summed E-state index contributed by atoms with van der Waals surface area (Å²) in [5.41, 5.74) is 1.40. The molecule has 0 saturated heterocycles. The summed E-state index contributed by atoms with van der Waals surface area (Å²) in [7, 11) is 0. The van der Waals surface area contributed by atoms with Crippen LogP contribution in [0.3, 0.4) is 0 Å². The van der Waals surface area contributed by atoms with Crippen molar-refractivity contribution in [2.24, 2.45) is 0 Å². The van der Waals surface area contributed by atoms with Crippen LogP contribution in [0.4, 0.5) is 5.69 Å². The molecule has 0 aliphatic heterocycles. The van der Waals surface area contributed by atoms with E-state index in [-0.39, 0.29) is 12.0 Å². The first-order chi connectivity index (χ1) is 9.54. The fourth-order valence-corrected chi connectivity index (χ4v) is 2.05. The third-order valence-corrected chi connectivity index (χ3v) is 3.31. The van der Waals surface area contributed by atoms with E-state index in [0.717, 1.165) is 15.0 Å². The van der Waals surface area contributed by atoms with Crippen LogP contribution in [0.5, 0.6) is 5.75 Å². The van der Waals surface area contributed by atoms with Gasteiger partial charge in [-0.3, -0.25) is 4.79 Å². The average molecular weight is 381 g/mol. The molecule has 1 amide bonds. The molecule has 3 nitrogen and oxygen atoms in total. The third-order valence-electron chi connectivity index (χ3n) is 2.59. The maximum Gasteiger partial charge on any atom is 0.255 e. The molecule has 0 atom stereocenters. The molecular formula is C16H16INO2. The van der Waals surface area contributed by atoms with Crippen LogP contribution in [0.15, 0.2) is 48.5 Å². The number of hydrogen-bond donors (Lipinski definition) is 1. The Bertz CT molecular complexity index is 576. The van der Waals surface area contributed by atoms with Crippen molar-refractivity contribution in [1.82, 2.24) is 0 Å². The molecule has 4 heteroatoms. The predicted octanol–water partition coefficient (Wildman–Crippen LogP) is 4.33. The zero-order valence-corrected chi connectivity index (χ0v) is 13.5. The molecule has 2 aromatic rings. The number of rotatable bonds is 4. The average Bonchev–Trinajstić information content (AvgIpc) is 2.41. The summed E-state index contributed by atoms with van der Waals surface area (Å²) < 4.78 is 6.66. The second-order valence-electron chi connectivity index (χ2n) is 4.65. The maximum atomic E-state index is 12.0. The minimum absolute atomic E-state index is 0.112. The molecule has 2 aromatic carbocycles. The molecule has 104 valence electrons. The Kier molecular flexibility index (Phi) is 5.00. The Labute approximate surface area is 132 Å². The second-order valence-corrected chi connectivity index (χ2v) is 5.90. The van der Waals surface area contributed by atoms with Gasteiger partial charge in [0.05, 0.1) is 6.10 Å². The lowest BCUT2D eigenvalue weighted by atomic mass is 10.2. The number of carbonyl (C=O) groups excluding carboxylic acids is 1. The number of halogens is 1. The fourth-order valence-electron chi connectivity index (χ4n) is 1.69. The van der Waals surface area contributed by atoms with E-state index >= 15 is 0 Å². The largest absolute Gasteiger partial charge is 0.491 e. The third kappa shape index (κ3) is 4.23. The van der Waals surface area contributed by atoms with Gasteiger partial charge < -0.3 is 10.1 Å². The quantitative estimate of drug-likeness (QED) is 0.801. The molecule has 20 heavy (non-hydrogen) atoms. The van der Waals surface area contributed by atoms with Crippen LogP contribution in [-0.4, -0.2) is 12.0 Å². The molecule has 0 radical (unpaired) electrons. The Morgan fingerprint density at radius 1 is 1.05 bits per heavy atom. The summed E-state index contributed by atoms with van der Waals surface area (Å²) in [6.45, 7) is 3.96. The summed E-state index contributed by atoms with van der Waals surface area (Å²) in [6.07, 6.45) is 0.141. The first kappa shape index (κ1) is 14.8. The molecule has 0 bridgehead atoms. The summed E-state index contributed by atoms with van der Waals surface area (Å²) in [6, 6.07) is 14.8. The van der Waals surface area contributed by atoms with Crippen LogP contribution in [0, 0.1) is 3.57 Å². The second kappa shape index (κ2) is 6.74. The molecule has 0 aliphatic rings. The van der Waals surface area contributed by atoms with E-state index in [2.05, 4.69) is 27.9 Å². The minimum Gasteiger partial charge on any atom is -0.491 e. The van der Waals surface area contributed by atoms with Gasteiger partial charge in [0.1, 0.15) is 5.75 Å². The van der Waals surface area contributed by atoms with Gasteiger partial charge in [-0.1, -0.05) is 0 Å². The summed E-state index contributed by atoms with van der Waals surface area (Å²) in [5, 5.41) is 2.86. The van der Waals surface area contributed by atoms with Gasteiger partial charge in [-0.25, -0.2) is 0 Å². The van der Waals surface area contributed by atoms with Crippen LogP contribution in [0.25, 0.3) is 0 Å². The lowest BCUT2D eigenvalue weighted by Gasteiger charge is -2.10. The summed E-state index contributed by atoms with van der Waals surface area (Å²) in [4.78, 5) is 12.0. The monoisotopic (exact) mass is 381 g/mol. The van der Waals surface area contributed by atoms with Crippen LogP contribution in [0.1, 0.15) is 24.2 Å². The number of carbonyl (C=O) groups is 1. The number of benzene rings is 2. The summed E-state index contributed by atoms with van der Waals surface area (Å²) >= 11 is 2.21. The van der Waals surface area contributed by atoms with Gasteiger partial charge in [0.2, 0.25) is 0 Å². The fraction of sp³-hybridized carbons (Fsp3) is 0.188. The van der Waals surface area contributed by atoms with Crippen molar-refractivity contribution in [2.45, 2.75) is 20.0 Å². The summed E-state index contributed by atoms with van der Waals surface area (Å²) in [5.74, 6) is 0.686. The van der Waals surface area contributed by atoms with Crippen LogP contribution >= 0.6 is 22.6 Å². The van der Waals surface area contributed by atoms with E-state index in [4.69, 9.17) is 4.74 Å². The van der Waals surface area contributed by atoms with Crippen LogP contribution in [-0.2, 0) is 0 Å². The van der Waals surface area contributed by atoms with Gasteiger partial charge in [-0.2, -0.15) is 0 Å². The molecule has 0 fully saturated rings. The SMILES string of the molecule is CC(C)Oc1ccc(NC(=O)c2ccc(I)cc2)cc1. The maximum absolute atomic E-state index is 12.0. The Morgan fingerprint density at radius 2 is 1.65 bits per heavy atom. The normalized spacial score (nSPS) is 10.4. The van der Waals surface area contributed by atoms with Gasteiger partial charge >= 0.3 is 0 Å². The van der Waals surface area contributed by atoms with Crippen molar-refractivity contribution < 1.29 is 9.53 Å². The Balaban J connectivity index is 2.02. The van der Waals surface area contributed by atoms with E-state index in [1.165, 1.54) is 0 Å². The van der Waals surface area contributed by atoms with Gasteiger partial charge in [-0.15, -0.1) is 0 Å². The lowest BCUT2D eigenvalue weighted by molar-refractivity contribution is 0.102. The number of amides is 1. The van der Waals surface area contributed by atoms with E-state index in [0.29, 0.717) is 5.56 Å². The number of anilines is 1. The molecule has 1 N–H and O–H groups in total. The highest BCUT2D eigenvalue weighted by molar-refractivity contribution is 14.1. The van der Waals surface area contributed by atoms with Crippen molar-refractivity contribution >= 4 is 34.2 Å². The van der Waals surface area contributed by atoms with Crippen molar-refractivity contribution in [3.8, 4) is 5.75 Å². The molecule has 0 spiro atoms. The van der Waals surface area contributed by atoms with Crippen molar-refractivity contribution in [1.29, 1.82) is 0 Å². The lowest BCUT2D eigenvalue weighted by Crippen LogP contribution is -2.11. The van der Waals surface area contributed by atoms with E-state index in [1.807, 2.05) is 62.4 Å². The molecule has 0 saturated carbocycles. The topological polar surface area (TPSA) is 38.3 Å². The Morgan fingerprint density at radius 3 is 2.20 bits per heavy atom. The minimum atomic E-state index is -0.112. The molecule has 2 rings (SSSR count). The van der Waals surface area contributed by atoms with Crippen molar-refractivity contribution in [2.75, 3.05) is 5.32 Å². The van der Waals surface area contributed by atoms with Crippen LogP contribution < -0.4 is 10.1 Å². The number of hydrogen-bond acceptors (Lipinski definition) is 2. The predicted molar refractivity (Wildman–Crippen MR) is 89.3 cm³/mol. The molecule has 0 heterocycles. The molecule has 0 aromatic heterocycles. The molecular weight excluding hydrogens is 365 g/mol. The number of nitrogens with one attached hydrogen (secondary N) is 1. The highest BCUT2D eigenvalue weighted by Crippen LogP contribution is 2.17. The van der Waals surface area contributed by atoms with E-state index < -0.39 is 0 Å². The van der Waals surface area contributed by atoms with Gasteiger partial charge in [0.25, 0.3) is 5.91 Å². The highest BCUT2D eigenvalue weighted by Gasteiger charge is 2.06. The Hall–Kier alpha value is -1.56. The highest BCUT2D eigenvalue weighted by atomic mass is 127. The first-order valence-electron chi connectivity index (χ1n) is 6.38. The van der Waals surface area contributed by atoms with Crippen molar-refractivity contribution in [3.05, 3.63) is 57.7 Å².